The fourth-order valence-corrected chi connectivity index (χ4v) is 3.19. The van der Waals surface area contributed by atoms with Gasteiger partial charge in [0.1, 0.15) is 11.4 Å². The molecule has 0 bridgehead atoms. The summed E-state index contributed by atoms with van der Waals surface area (Å²) in [5, 5.41) is 3.25. The monoisotopic (exact) mass is 407 g/mol. The summed E-state index contributed by atoms with van der Waals surface area (Å²) in [5.41, 5.74) is 2.83. The summed E-state index contributed by atoms with van der Waals surface area (Å²) in [7, 11) is 1.62. The van der Waals surface area contributed by atoms with Gasteiger partial charge in [0.2, 0.25) is 0 Å². The van der Waals surface area contributed by atoms with Gasteiger partial charge < -0.3 is 14.6 Å². The van der Waals surface area contributed by atoms with Crippen LogP contribution < -0.4 is 10.1 Å². The molecule has 0 radical (unpaired) electrons. The highest BCUT2D eigenvalue weighted by molar-refractivity contribution is 6.30. The van der Waals surface area contributed by atoms with Gasteiger partial charge in [0.15, 0.2) is 0 Å². The number of hydrogen-bond donors (Lipinski definition) is 1. The molecule has 1 aliphatic heterocycles. The molecule has 1 aromatic heterocycles. The summed E-state index contributed by atoms with van der Waals surface area (Å²) >= 11 is 5.88. The van der Waals surface area contributed by atoms with Crippen molar-refractivity contribution in [3.05, 3.63) is 88.8 Å². The normalized spacial score (nSPS) is 15.1. The first-order valence-corrected chi connectivity index (χ1v) is 9.33. The van der Waals surface area contributed by atoms with Gasteiger partial charge in [-0.2, -0.15) is 0 Å². The second-order valence-electron chi connectivity index (χ2n) is 6.56. The minimum Gasteiger partial charge on any atom is -0.497 e. The zero-order valence-electron chi connectivity index (χ0n) is 15.6. The summed E-state index contributed by atoms with van der Waals surface area (Å²) in [6.07, 6.45) is 5.44. The number of ether oxygens (including phenoxy) is 1. The number of methoxy groups -OCH3 is 1. The Balaban J connectivity index is 1.51. The van der Waals surface area contributed by atoms with Crippen LogP contribution in [0, 0.1) is 0 Å². The first-order chi connectivity index (χ1) is 14.0. The van der Waals surface area contributed by atoms with Gasteiger partial charge in [0.05, 0.1) is 13.7 Å². The molecule has 1 aliphatic rings. The number of benzene rings is 2. The number of nitrogens with zero attached hydrogens (tertiary/aromatic N) is 2. The highest BCUT2D eigenvalue weighted by Gasteiger charge is 2.33. The van der Waals surface area contributed by atoms with E-state index in [-0.39, 0.29) is 18.1 Å². The zero-order chi connectivity index (χ0) is 20.4. The van der Waals surface area contributed by atoms with Crippen molar-refractivity contribution in [2.45, 2.75) is 6.54 Å². The van der Waals surface area contributed by atoms with E-state index < -0.39 is 6.03 Å². The topological polar surface area (TPSA) is 63.6 Å². The van der Waals surface area contributed by atoms with Crippen LogP contribution in [0.25, 0.3) is 11.8 Å². The van der Waals surface area contributed by atoms with Crippen molar-refractivity contribution >= 4 is 29.6 Å². The fourth-order valence-electron chi connectivity index (χ4n) is 3.07. The minimum atomic E-state index is -0.439. The van der Waals surface area contributed by atoms with E-state index in [1.807, 2.05) is 47.3 Å². The van der Waals surface area contributed by atoms with Gasteiger partial charge >= 0.3 is 6.03 Å². The summed E-state index contributed by atoms with van der Waals surface area (Å²) < 4.78 is 7.10. The van der Waals surface area contributed by atoms with E-state index in [1.54, 1.807) is 37.5 Å². The number of halogens is 1. The van der Waals surface area contributed by atoms with Gasteiger partial charge in [-0.3, -0.25) is 9.69 Å². The lowest BCUT2D eigenvalue weighted by atomic mass is 10.2. The molecule has 29 heavy (non-hydrogen) atoms. The Bertz CT molecular complexity index is 1090. The summed E-state index contributed by atoms with van der Waals surface area (Å²) in [4.78, 5) is 26.1. The molecule has 0 spiro atoms. The minimum absolute atomic E-state index is 0.187. The molecule has 1 fully saturated rings. The van der Waals surface area contributed by atoms with Crippen molar-refractivity contribution < 1.29 is 14.3 Å². The summed E-state index contributed by atoms with van der Waals surface area (Å²) in [6.45, 7) is 0.187. The van der Waals surface area contributed by atoms with Crippen molar-refractivity contribution in [1.82, 2.24) is 14.8 Å². The van der Waals surface area contributed by atoms with Gasteiger partial charge in [0, 0.05) is 23.1 Å². The highest BCUT2D eigenvalue weighted by atomic mass is 35.5. The molecule has 6 nitrogen and oxygen atoms in total. The van der Waals surface area contributed by atoms with Crippen LogP contribution in [0.5, 0.6) is 5.75 Å². The van der Waals surface area contributed by atoms with Crippen LogP contribution in [0.2, 0.25) is 5.02 Å². The lowest BCUT2D eigenvalue weighted by Gasteiger charge is -2.11. The van der Waals surface area contributed by atoms with Crippen LogP contribution in [0.15, 0.2) is 72.7 Å². The van der Waals surface area contributed by atoms with Crippen molar-refractivity contribution in [2.75, 3.05) is 7.11 Å². The first kappa shape index (κ1) is 18.8. The Kier molecular flexibility index (Phi) is 5.10. The highest BCUT2D eigenvalue weighted by Crippen LogP contribution is 2.20. The van der Waals surface area contributed by atoms with Crippen LogP contribution in [0.4, 0.5) is 4.79 Å². The Morgan fingerprint density at radius 2 is 1.76 bits per heavy atom. The van der Waals surface area contributed by atoms with Gasteiger partial charge in [-0.25, -0.2) is 4.79 Å². The molecule has 0 saturated carbocycles. The molecular formula is C22H18ClN3O3. The number of urea groups is 1. The van der Waals surface area contributed by atoms with E-state index in [0.717, 1.165) is 22.6 Å². The lowest BCUT2D eigenvalue weighted by Crippen LogP contribution is -2.30. The van der Waals surface area contributed by atoms with Crippen LogP contribution in [-0.4, -0.2) is 28.5 Å². The summed E-state index contributed by atoms with van der Waals surface area (Å²) in [6, 6.07) is 16.1. The first-order valence-electron chi connectivity index (χ1n) is 8.95. The number of nitrogens with one attached hydrogen (secondary N) is 1. The largest absolute Gasteiger partial charge is 0.497 e. The average Bonchev–Trinajstić information content (AvgIpc) is 3.30. The summed E-state index contributed by atoms with van der Waals surface area (Å²) in [5.74, 6) is 0.422. The van der Waals surface area contributed by atoms with E-state index in [4.69, 9.17) is 16.3 Å². The molecular weight excluding hydrogens is 390 g/mol. The van der Waals surface area contributed by atoms with E-state index in [9.17, 15) is 9.59 Å². The molecule has 0 aliphatic carbocycles. The number of carbonyl (C=O) groups excluding carboxylic acids is 2. The van der Waals surface area contributed by atoms with Crippen LogP contribution in [0.1, 0.15) is 11.1 Å². The van der Waals surface area contributed by atoms with Crippen LogP contribution >= 0.6 is 11.6 Å². The molecule has 1 saturated heterocycles. The van der Waals surface area contributed by atoms with E-state index >= 15 is 0 Å². The maximum absolute atomic E-state index is 12.7. The Morgan fingerprint density at radius 3 is 2.45 bits per heavy atom. The molecule has 2 aromatic carbocycles. The lowest BCUT2D eigenvalue weighted by molar-refractivity contribution is -0.123. The number of hydrogen-bond acceptors (Lipinski definition) is 3. The predicted molar refractivity (Wildman–Crippen MR) is 111 cm³/mol. The third kappa shape index (κ3) is 4.02. The molecule has 7 heteroatoms. The smallest absolute Gasteiger partial charge is 0.329 e. The van der Waals surface area contributed by atoms with Crippen LogP contribution in [0.3, 0.4) is 0 Å². The SMILES string of the molecule is COc1ccc(-n2ccc(/C=C3/NC(=O)N(Cc4ccc(Cl)cc4)C3=O)c2)cc1. The molecule has 0 atom stereocenters. The average molecular weight is 408 g/mol. The molecule has 146 valence electrons. The number of amides is 3. The number of imide groups is 1. The Morgan fingerprint density at radius 1 is 1.03 bits per heavy atom. The molecule has 3 amide bonds. The van der Waals surface area contributed by atoms with E-state index in [0.29, 0.717) is 5.02 Å². The molecule has 2 heterocycles. The molecule has 4 rings (SSSR count). The van der Waals surface area contributed by atoms with Crippen LogP contribution in [-0.2, 0) is 11.3 Å². The zero-order valence-corrected chi connectivity index (χ0v) is 16.4. The molecule has 0 unspecified atom stereocenters. The van der Waals surface area contributed by atoms with Gasteiger partial charge in [0.25, 0.3) is 5.91 Å². The van der Waals surface area contributed by atoms with Crippen molar-refractivity contribution in [3.63, 3.8) is 0 Å². The standard InChI is InChI=1S/C22H18ClN3O3/c1-29-19-8-6-18(7-9-19)25-11-10-16(13-25)12-20-21(27)26(22(28)24-20)14-15-2-4-17(23)5-3-15/h2-13H,14H2,1H3,(H,24,28)/b20-12+. The van der Waals surface area contributed by atoms with E-state index in [1.165, 1.54) is 4.90 Å². The maximum atomic E-state index is 12.7. The number of rotatable bonds is 5. The number of aromatic nitrogens is 1. The Hall–Kier alpha value is -3.51. The van der Waals surface area contributed by atoms with Crippen molar-refractivity contribution in [1.29, 1.82) is 0 Å². The van der Waals surface area contributed by atoms with Gasteiger partial charge in [-0.15, -0.1) is 0 Å². The van der Waals surface area contributed by atoms with Crippen molar-refractivity contribution in [2.24, 2.45) is 0 Å². The van der Waals surface area contributed by atoms with Crippen molar-refractivity contribution in [3.8, 4) is 11.4 Å². The third-order valence-corrected chi connectivity index (χ3v) is 4.87. The predicted octanol–water partition coefficient (Wildman–Crippen LogP) is 4.23. The van der Waals surface area contributed by atoms with E-state index in [2.05, 4.69) is 5.32 Å². The number of carbonyl (C=O) groups is 2. The Labute approximate surface area is 173 Å². The second kappa shape index (κ2) is 7.85. The third-order valence-electron chi connectivity index (χ3n) is 4.61. The van der Waals surface area contributed by atoms with Gasteiger partial charge in [-0.1, -0.05) is 23.7 Å². The molecule has 3 aromatic rings. The second-order valence-corrected chi connectivity index (χ2v) is 6.99. The van der Waals surface area contributed by atoms with Gasteiger partial charge in [-0.05, 0) is 59.7 Å². The maximum Gasteiger partial charge on any atom is 0.329 e. The fraction of sp³-hybridized carbons (Fsp3) is 0.0909. The quantitative estimate of drug-likeness (QED) is 0.508. The molecule has 1 N–H and O–H groups in total.